The van der Waals surface area contributed by atoms with E-state index in [0.29, 0.717) is 0 Å². The number of hydrogen-bond acceptors (Lipinski definition) is 2. The first-order valence-electron chi connectivity index (χ1n) is 6.45. The lowest BCUT2D eigenvalue weighted by Gasteiger charge is -2.01. The highest BCUT2D eigenvalue weighted by Crippen LogP contribution is 2.27. The van der Waals surface area contributed by atoms with Crippen molar-refractivity contribution in [3.63, 3.8) is 0 Å². The van der Waals surface area contributed by atoms with Gasteiger partial charge in [0.15, 0.2) is 0 Å². The highest BCUT2D eigenvalue weighted by atomic mass is 79.9. The van der Waals surface area contributed by atoms with E-state index in [1.54, 1.807) is 6.08 Å². The van der Waals surface area contributed by atoms with Crippen LogP contribution in [0.2, 0.25) is 0 Å². The van der Waals surface area contributed by atoms with Crippen molar-refractivity contribution in [3.8, 4) is 11.3 Å². The van der Waals surface area contributed by atoms with Crippen molar-refractivity contribution in [1.82, 2.24) is 9.38 Å². The van der Waals surface area contributed by atoms with E-state index in [9.17, 15) is 4.79 Å². The van der Waals surface area contributed by atoms with Crippen LogP contribution in [-0.2, 0) is 4.79 Å². The molecule has 1 amide bonds. The molecule has 4 nitrogen and oxygen atoms in total. The molecule has 0 unspecified atom stereocenters. The minimum absolute atomic E-state index is 0.494. The molecule has 0 aliphatic carbocycles. The van der Waals surface area contributed by atoms with Crippen molar-refractivity contribution in [2.45, 2.75) is 0 Å². The maximum Gasteiger partial charge on any atom is 0.241 e. The van der Waals surface area contributed by atoms with E-state index < -0.39 is 5.91 Å². The third-order valence-corrected chi connectivity index (χ3v) is 4.14. The molecule has 6 heteroatoms. The molecule has 0 aliphatic rings. The van der Waals surface area contributed by atoms with Crippen LogP contribution in [0.25, 0.3) is 23.0 Å². The second kappa shape index (κ2) is 6.06. The molecule has 2 aromatic heterocycles. The zero-order chi connectivity index (χ0) is 15.7. The molecular formula is C16H11Br2N3O. The van der Waals surface area contributed by atoms with Crippen LogP contribution in [-0.4, -0.2) is 15.3 Å². The van der Waals surface area contributed by atoms with Crippen molar-refractivity contribution in [1.29, 1.82) is 0 Å². The van der Waals surface area contributed by atoms with Crippen molar-refractivity contribution < 1.29 is 4.79 Å². The van der Waals surface area contributed by atoms with Gasteiger partial charge in [0.1, 0.15) is 5.65 Å². The number of imidazole rings is 1. The van der Waals surface area contributed by atoms with Gasteiger partial charge in [0, 0.05) is 26.8 Å². The van der Waals surface area contributed by atoms with Crippen LogP contribution in [0.4, 0.5) is 0 Å². The Morgan fingerprint density at radius 2 is 1.77 bits per heavy atom. The van der Waals surface area contributed by atoms with Crippen molar-refractivity contribution >= 4 is 49.5 Å². The molecule has 2 heterocycles. The molecule has 22 heavy (non-hydrogen) atoms. The molecule has 0 radical (unpaired) electrons. The van der Waals surface area contributed by atoms with Gasteiger partial charge in [-0.15, -0.1) is 0 Å². The summed E-state index contributed by atoms with van der Waals surface area (Å²) < 4.78 is 3.84. The van der Waals surface area contributed by atoms with Crippen LogP contribution in [0.15, 0.2) is 57.6 Å². The van der Waals surface area contributed by atoms with E-state index in [1.165, 1.54) is 6.08 Å². The Bertz CT molecular complexity index is 882. The van der Waals surface area contributed by atoms with E-state index in [0.717, 1.165) is 31.5 Å². The number of nitrogens with zero attached hydrogens (tertiary/aromatic N) is 2. The lowest BCUT2D eigenvalue weighted by atomic mass is 10.1. The number of pyridine rings is 1. The van der Waals surface area contributed by atoms with Gasteiger partial charge in [0.05, 0.1) is 11.4 Å². The van der Waals surface area contributed by atoms with Crippen LogP contribution < -0.4 is 5.73 Å². The molecule has 0 fully saturated rings. The van der Waals surface area contributed by atoms with E-state index >= 15 is 0 Å². The number of primary amides is 1. The average molecular weight is 421 g/mol. The number of benzene rings is 1. The Kier molecular flexibility index (Phi) is 4.13. The summed E-state index contributed by atoms with van der Waals surface area (Å²) in [5.74, 6) is -0.494. The molecule has 0 atom stereocenters. The number of fused-ring (bicyclic) bond motifs is 1. The molecule has 3 rings (SSSR count). The SMILES string of the molecule is NC(=O)/C=C/c1c(-c2ccc(Br)cc2)nc2ccc(Br)cn12. The summed E-state index contributed by atoms with van der Waals surface area (Å²) in [6.07, 6.45) is 4.93. The standard InChI is InChI=1S/C16H11Br2N3O/c17-11-3-1-10(2-4-11)16-13(6-7-14(19)22)21-9-12(18)5-8-15(21)20-16/h1-9H,(H2,19,22)/b7-6+. The van der Waals surface area contributed by atoms with Crippen LogP contribution in [0.1, 0.15) is 5.69 Å². The summed E-state index contributed by atoms with van der Waals surface area (Å²) in [7, 11) is 0. The van der Waals surface area contributed by atoms with Gasteiger partial charge in [0.2, 0.25) is 5.91 Å². The largest absolute Gasteiger partial charge is 0.366 e. The summed E-state index contributed by atoms with van der Waals surface area (Å²) in [6.45, 7) is 0. The smallest absolute Gasteiger partial charge is 0.241 e. The van der Waals surface area contributed by atoms with Gasteiger partial charge in [-0.3, -0.25) is 9.20 Å². The van der Waals surface area contributed by atoms with Gasteiger partial charge >= 0.3 is 0 Å². The number of nitrogens with two attached hydrogens (primary N) is 1. The molecule has 0 aliphatic heterocycles. The second-order valence-electron chi connectivity index (χ2n) is 4.66. The molecule has 0 spiro atoms. The quantitative estimate of drug-likeness (QED) is 0.650. The Morgan fingerprint density at radius 3 is 2.45 bits per heavy atom. The Hall–Kier alpha value is -1.92. The molecule has 3 aromatic rings. The first-order valence-corrected chi connectivity index (χ1v) is 8.04. The predicted octanol–water partition coefficient (Wildman–Crippen LogP) is 4.02. The number of carbonyl (C=O) groups excluding carboxylic acids is 1. The highest BCUT2D eigenvalue weighted by Gasteiger charge is 2.12. The van der Waals surface area contributed by atoms with Gasteiger partial charge < -0.3 is 5.73 Å². The fraction of sp³-hybridized carbons (Fsp3) is 0. The van der Waals surface area contributed by atoms with Crippen LogP contribution >= 0.6 is 31.9 Å². The topological polar surface area (TPSA) is 60.4 Å². The molecule has 2 N–H and O–H groups in total. The Labute approximate surface area is 143 Å². The normalized spacial score (nSPS) is 11.4. The van der Waals surface area contributed by atoms with Gasteiger partial charge in [-0.1, -0.05) is 28.1 Å². The van der Waals surface area contributed by atoms with Gasteiger partial charge in [-0.05, 0) is 46.3 Å². The molecule has 110 valence electrons. The minimum atomic E-state index is -0.494. The minimum Gasteiger partial charge on any atom is -0.366 e. The summed E-state index contributed by atoms with van der Waals surface area (Å²) in [6, 6.07) is 11.7. The van der Waals surface area contributed by atoms with Crippen molar-refractivity contribution in [2.75, 3.05) is 0 Å². The molecule has 0 bridgehead atoms. The number of rotatable bonds is 3. The van der Waals surface area contributed by atoms with Crippen LogP contribution in [0, 0.1) is 0 Å². The predicted molar refractivity (Wildman–Crippen MR) is 94.3 cm³/mol. The Morgan fingerprint density at radius 1 is 1.09 bits per heavy atom. The summed E-state index contributed by atoms with van der Waals surface area (Å²) in [5.41, 5.74) is 8.58. The van der Waals surface area contributed by atoms with E-state index in [-0.39, 0.29) is 0 Å². The van der Waals surface area contributed by atoms with E-state index in [4.69, 9.17) is 5.73 Å². The number of hydrogen-bond donors (Lipinski definition) is 1. The molecular weight excluding hydrogens is 410 g/mol. The van der Waals surface area contributed by atoms with Crippen molar-refractivity contribution in [2.24, 2.45) is 5.73 Å². The zero-order valence-electron chi connectivity index (χ0n) is 11.3. The third kappa shape index (κ3) is 2.98. The lowest BCUT2D eigenvalue weighted by Crippen LogP contribution is -2.05. The van der Waals surface area contributed by atoms with Crippen LogP contribution in [0.5, 0.6) is 0 Å². The van der Waals surface area contributed by atoms with E-state index in [1.807, 2.05) is 47.0 Å². The number of amides is 1. The van der Waals surface area contributed by atoms with Crippen molar-refractivity contribution in [3.05, 3.63) is 63.3 Å². The zero-order valence-corrected chi connectivity index (χ0v) is 14.5. The summed E-state index contributed by atoms with van der Waals surface area (Å²) in [5, 5.41) is 0. The first kappa shape index (κ1) is 15.0. The summed E-state index contributed by atoms with van der Waals surface area (Å²) in [4.78, 5) is 15.7. The van der Waals surface area contributed by atoms with E-state index in [2.05, 4.69) is 36.8 Å². The summed E-state index contributed by atoms with van der Waals surface area (Å²) >= 11 is 6.87. The average Bonchev–Trinajstić information content (AvgIpc) is 2.83. The maximum absolute atomic E-state index is 11.1. The second-order valence-corrected chi connectivity index (χ2v) is 6.50. The fourth-order valence-electron chi connectivity index (χ4n) is 2.18. The molecule has 0 saturated carbocycles. The fourth-order valence-corrected chi connectivity index (χ4v) is 2.78. The highest BCUT2D eigenvalue weighted by molar-refractivity contribution is 9.10. The number of aromatic nitrogens is 2. The van der Waals surface area contributed by atoms with Crippen LogP contribution in [0.3, 0.4) is 0 Å². The monoisotopic (exact) mass is 419 g/mol. The maximum atomic E-state index is 11.1. The lowest BCUT2D eigenvalue weighted by molar-refractivity contribution is -0.113. The van der Waals surface area contributed by atoms with Gasteiger partial charge in [-0.25, -0.2) is 4.98 Å². The number of halogens is 2. The number of carbonyl (C=O) groups is 1. The van der Waals surface area contributed by atoms with Gasteiger partial charge in [0.25, 0.3) is 0 Å². The Balaban J connectivity index is 2.26. The third-order valence-electron chi connectivity index (χ3n) is 3.14. The van der Waals surface area contributed by atoms with Gasteiger partial charge in [-0.2, -0.15) is 0 Å². The molecule has 0 saturated heterocycles. The molecule has 1 aromatic carbocycles. The first-order chi connectivity index (χ1) is 10.5.